The van der Waals surface area contributed by atoms with Crippen molar-refractivity contribution in [3.05, 3.63) is 29.3 Å². The van der Waals surface area contributed by atoms with Gasteiger partial charge in [0.1, 0.15) is 5.75 Å². The van der Waals surface area contributed by atoms with Crippen LogP contribution in [0, 0.1) is 6.92 Å². The lowest BCUT2D eigenvalue weighted by atomic mass is 9.87. The molecule has 0 aliphatic carbocycles. The third kappa shape index (κ3) is 1.75. The van der Waals surface area contributed by atoms with Crippen LogP contribution in [-0.2, 0) is 0 Å². The summed E-state index contributed by atoms with van der Waals surface area (Å²) in [4.78, 5) is 0. The fourth-order valence-corrected chi connectivity index (χ4v) is 2.22. The normalized spacial score (nSPS) is 18.4. The van der Waals surface area contributed by atoms with Crippen LogP contribution in [0.25, 0.3) is 0 Å². The molecule has 0 bridgehead atoms. The average Bonchev–Trinajstić information content (AvgIpc) is 2.23. The van der Waals surface area contributed by atoms with Gasteiger partial charge in [-0.25, -0.2) is 0 Å². The van der Waals surface area contributed by atoms with Gasteiger partial charge in [-0.3, -0.25) is 0 Å². The zero-order chi connectivity index (χ0) is 9.97. The first-order chi connectivity index (χ1) is 6.79. The van der Waals surface area contributed by atoms with Crippen LogP contribution in [0.15, 0.2) is 18.2 Å². The van der Waals surface area contributed by atoms with Crippen molar-refractivity contribution in [2.45, 2.75) is 25.7 Å². The molecule has 76 valence electrons. The van der Waals surface area contributed by atoms with Crippen LogP contribution in [0.4, 0.5) is 0 Å². The SMILES string of the molecule is Cc1c(O)cccc1C1CCNCC1. The molecule has 2 rings (SSSR count). The molecule has 1 aromatic carbocycles. The second kappa shape index (κ2) is 4.01. The summed E-state index contributed by atoms with van der Waals surface area (Å²) in [5.41, 5.74) is 2.38. The van der Waals surface area contributed by atoms with E-state index in [0.717, 1.165) is 18.7 Å². The van der Waals surface area contributed by atoms with Gasteiger partial charge in [-0.05, 0) is 56.0 Å². The zero-order valence-corrected chi connectivity index (χ0v) is 8.59. The standard InChI is InChI=1S/C12H17NO/c1-9-11(3-2-4-12(9)14)10-5-7-13-8-6-10/h2-4,10,13-14H,5-8H2,1H3. The monoisotopic (exact) mass is 191 g/mol. The molecule has 2 nitrogen and oxygen atoms in total. The first kappa shape index (κ1) is 9.53. The second-order valence-electron chi connectivity index (χ2n) is 4.02. The van der Waals surface area contributed by atoms with E-state index in [4.69, 9.17) is 0 Å². The van der Waals surface area contributed by atoms with Crippen molar-refractivity contribution >= 4 is 0 Å². The molecule has 1 aliphatic rings. The maximum Gasteiger partial charge on any atom is 0.118 e. The average molecular weight is 191 g/mol. The smallest absolute Gasteiger partial charge is 0.118 e. The molecule has 0 amide bonds. The molecule has 2 N–H and O–H groups in total. The maximum atomic E-state index is 9.62. The van der Waals surface area contributed by atoms with Crippen LogP contribution in [0.3, 0.4) is 0 Å². The van der Waals surface area contributed by atoms with Crippen LogP contribution in [-0.4, -0.2) is 18.2 Å². The van der Waals surface area contributed by atoms with E-state index in [0.29, 0.717) is 11.7 Å². The minimum absolute atomic E-state index is 0.432. The molecule has 0 unspecified atom stereocenters. The summed E-state index contributed by atoms with van der Waals surface area (Å²) in [7, 11) is 0. The van der Waals surface area contributed by atoms with Crippen molar-refractivity contribution in [1.29, 1.82) is 0 Å². The molecule has 0 atom stereocenters. The Labute approximate surface area is 85.0 Å². The van der Waals surface area contributed by atoms with Crippen molar-refractivity contribution in [3.63, 3.8) is 0 Å². The van der Waals surface area contributed by atoms with Crippen molar-refractivity contribution in [2.24, 2.45) is 0 Å². The number of piperidine rings is 1. The quantitative estimate of drug-likeness (QED) is 0.713. The summed E-state index contributed by atoms with van der Waals surface area (Å²) in [5.74, 6) is 1.06. The minimum atomic E-state index is 0.432. The van der Waals surface area contributed by atoms with Gasteiger partial charge in [0.25, 0.3) is 0 Å². The molecule has 0 radical (unpaired) electrons. The molecule has 1 saturated heterocycles. The fourth-order valence-electron chi connectivity index (χ4n) is 2.22. The molecular weight excluding hydrogens is 174 g/mol. The highest BCUT2D eigenvalue weighted by atomic mass is 16.3. The van der Waals surface area contributed by atoms with Gasteiger partial charge in [0.05, 0.1) is 0 Å². The van der Waals surface area contributed by atoms with Crippen LogP contribution in [0.5, 0.6) is 5.75 Å². The number of phenols is 1. The number of hydrogen-bond acceptors (Lipinski definition) is 2. The van der Waals surface area contributed by atoms with E-state index in [1.807, 2.05) is 13.0 Å². The fraction of sp³-hybridized carbons (Fsp3) is 0.500. The molecule has 14 heavy (non-hydrogen) atoms. The lowest BCUT2D eigenvalue weighted by Crippen LogP contribution is -2.26. The first-order valence-electron chi connectivity index (χ1n) is 5.28. The highest BCUT2D eigenvalue weighted by Gasteiger charge is 2.17. The van der Waals surface area contributed by atoms with Crippen LogP contribution >= 0.6 is 0 Å². The summed E-state index contributed by atoms with van der Waals surface area (Å²) in [6.45, 7) is 4.20. The third-order valence-corrected chi connectivity index (χ3v) is 3.13. The number of phenolic OH excluding ortho intramolecular Hbond substituents is 1. The van der Waals surface area contributed by atoms with Gasteiger partial charge in [0, 0.05) is 0 Å². The van der Waals surface area contributed by atoms with Gasteiger partial charge in [-0.2, -0.15) is 0 Å². The van der Waals surface area contributed by atoms with Crippen LogP contribution in [0.1, 0.15) is 29.9 Å². The number of aromatic hydroxyl groups is 1. The predicted octanol–water partition coefficient (Wildman–Crippen LogP) is 2.17. The van der Waals surface area contributed by atoms with E-state index in [1.165, 1.54) is 18.4 Å². The summed E-state index contributed by atoms with van der Waals surface area (Å²) >= 11 is 0. The van der Waals surface area contributed by atoms with E-state index < -0.39 is 0 Å². The number of benzene rings is 1. The Morgan fingerprint density at radius 2 is 2.00 bits per heavy atom. The van der Waals surface area contributed by atoms with Gasteiger partial charge in [0.2, 0.25) is 0 Å². The molecule has 1 heterocycles. The van der Waals surface area contributed by atoms with E-state index >= 15 is 0 Å². The van der Waals surface area contributed by atoms with Gasteiger partial charge in [-0.15, -0.1) is 0 Å². The van der Waals surface area contributed by atoms with Crippen LogP contribution in [0.2, 0.25) is 0 Å². The highest BCUT2D eigenvalue weighted by molar-refractivity contribution is 5.40. The zero-order valence-electron chi connectivity index (χ0n) is 8.59. The molecule has 1 aromatic rings. The number of rotatable bonds is 1. The highest BCUT2D eigenvalue weighted by Crippen LogP contribution is 2.31. The summed E-state index contributed by atoms with van der Waals surface area (Å²) < 4.78 is 0. The Bertz CT molecular complexity index is 316. The molecule has 1 aliphatic heterocycles. The Morgan fingerprint density at radius 1 is 1.29 bits per heavy atom. The van der Waals surface area contributed by atoms with E-state index in [9.17, 15) is 5.11 Å². The molecule has 1 fully saturated rings. The van der Waals surface area contributed by atoms with E-state index in [1.54, 1.807) is 6.07 Å². The topological polar surface area (TPSA) is 32.3 Å². The molecular formula is C12H17NO. The lowest BCUT2D eigenvalue weighted by molar-refractivity contribution is 0.447. The summed E-state index contributed by atoms with van der Waals surface area (Å²) in [6, 6.07) is 5.85. The minimum Gasteiger partial charge on any atom is -0.508 e. The molecule has 0 spiro atoms. The molecule has 0 aromatic heterocycles. The van der Waals surface area contributed by atoms with Crippen molar-refractivity contribution in [2.75, 3.05) is 13.1 Å². The first-order valence-corrected chi connectivity index (χ1v) is 5.28. The molecule has 0 saturated carbocycles. The van der Waals surface area contributed by atoms with Gasteiger partial charge >= 0.3 is 0 Å². The van der Waals surface area contributed by atoms with E-state index in [2.05, 4.69) is 11.4 Å². The summed E-state index contributed by atoms with van der Waals surface area (Å²) in [6.07, 6.45) is 2.37. The third-order valence-electron chi connectivity index (χ3n) is 3.13. The predicted molar refractivity (Wildman–Crippen MR) is 57.7 cm³/mol. The van der Waals surface area contributed by atoms with Crippen LogP contribution < -0.4 is 5.32 Å². The largest absolute Gasteiger partial charge is 0.508 e. The van der Waals surface area contributed by atoms with Gasteiger partial charge in [-0.1, -0.05) is 12.1 Å². The lowest BCUT2D eigenvalue weighted by Gasteiger charge is -2.24. The van der Waals surface area contributed by atoms with Crippen molar-refractivity contribution < 1.29 is 5.11 Å². The molecule has 2 heteroatoms. The Hall–Kier alpha value is -1.02. The van der Waals surface area contributed by atoms with Gasteiger partial charge < -0.3 is 10.4 Å². The van der Waals surface area contributed by atoms with Crippen molar-refractivity contribution in [1.82, 2.24) is 5.32 Å². The number of hydrogen-bond donors (Lipinski definition) is 2. The Morgan fingerprint density at radius 3 is 2.71 bits per heavy atom. The number of nitrogens with one attached hydrogen (secondary N) is 1. The Kier molecular flexibility index (Phi) is 2.73. The Balaban J connectivity index is 2.26. The van der Waals surface area contributed by atoms with Crippen molar-refractivity contribution in [3.8, 4) is 5.75 Å². The van der Waals surface area contributed by atoms with E-state index in [-0.39, 0.29) is 0 Å². The van der Waals surface area contributed by atoms with Gasteiger partial charge in [0.15, 0.2) is 0 Å². The maximum absolute atomic E-state index is 9.62. The summed E-state index contributed by atoms with van der Waals surface area (Å²) in [5, 5.41) is 13.0. The second-order valence-corrected chi connectivity index (χ2v) is 4.02.